The van der Waals surface area contributed by atoms with Crippen molar-refractivity contribution >= 4 is 16.0 Å². The van der Waals surface area contributed by atoms with Gasteiger partial charge in [0.2, 0.25) is 10.0 Å². The molecule has 1 aromatic carbocycles. The number of hydrogen-bond acceptors (Lipinski definition) is 4. The van der Waals surface area contributed by atoms with Gasteiger partial charge in [0.1, 0.15) is 0 Å². The van der Waals surface area contributed by atoms with Crippen LogP contribution in [0.2, 0.25) is 0 Å². The van der Waals surface area contributed by atoms with Crippen LogP contribution in [0.3, 0.4) is 0 Å². The van der Waals surface area contributed by atoms with Crippen molar-refractivity contribution in [1.82, 2.24) is 9.21 Å². The first-order chi connectivity index (χ1) is 11.0. The topological polar surface area (TPSA) is 77.9 Å². The molecule has 6 nitrogen and oxygen atoms in total. The third-order valence-corrected chi connectivity index (χ3v) is 7.05. The van der Waals surface area contributed by atoms with Gasteiger partial charge in [-0.3, -0.25) is 4.79 Å². The van der Waals surface area contributed by atoms with E-state index in [-0.39, 0.29) is 17.6 Å². The van der Waals surface area contributed by atoms with Gasteiger partial charge in [-0.25, -0.2) is 8.42 Å². The zero-order valence-corrected chi connectivity index (χ0v) is 13.8. The molecular formula is C16H22N2O4S. The highest BCUT2D eigenvalue weighted by atomic mass is 32.2. The van der Waals surface area contributed by atoms with Crippen molar-refractivity contribution in [2.24, 2.45) is 0 Å². The van der Waals surface area contributed by atoms with Crippen LogP contribution in [-0.4, -0.2) is 66.7 Å². The number of piperazine rings is 1. The molecule has 0 amide bonds. The molecule has 0 spiro atoms. The molecule has 1 aromatic rings. The van der Waals surface area contributed by atoms with Crippen LogP contribution in [0.1, 0.15) is 24.3 Å². The van der Waals surface area contributed by atoms with Crippen LogP contribution >= 0.6 is 0 Å². The van der Waals surface area contributed by atoms with Crippen LogP contribution in [0.15, 0.2) is 30.3 Å². The van der Waals surface area contributed by atoms with Gasteiger partial charge in [-0.15, -0.1) is 0 Å². The summed E-state index contributed by atoms with van der Waals surface area (Å²) in [6, 6.07) is 9.80. The number of hydrogen-bond donors (Lipinski definition) is 1. The lowest BCUT2D eigenvalue weighted by Crippen LogP contribution is -2.50. The molecule has 1 saturated carbocycles. The Morgan fingerprint density at radius 2 is 1.78 bits per heavy atom. The molecule has 1 N–H and O–H groups in total. The van der Waals surface area contributed by atoms with Crippen molar-refractivity contribution in [3.05, 3.63) is 35.9 Å². The number of nitrogens with zero attached hydrogens (tertiary/aromatic N) is 2. The van der Waals surface area contributed by atoms with Gasteiger partial charge in [-0.1, -0.05) is 30.3 Å². The number of benzene rings is 1. The Balaban J connectivity index is 1.55. The summed E-state index contributed by atoms with van der Waals surface area (Å²) in [5, 5.41) is 8.41. The van der Waals surface area contributed by atoms with Gasteiger partial charge in [0, 0.05) is 38.6 Å². The van der Waals surface area contributed by atoms with Gasteiger partial charge in [0.15, 0.2) is 0 Å². The molecule has 0 aromatic heterocycles. The Labute approximate surface area is 136 Å². The molecule has 1 saturated heterocycles. The molecule has 0 bridgehead atoms. The second-order valence-electron chi connectivity index (χ2n) is 6.22. The highest BCUT2D eigenvalue weighted by Gasteiger charge is 2.50. The number of carboxylic acid groups (broad SMARTS) is 1. The van der Waals surface area contributed by atoms with Gasteiger partial charge in [-0.2, -0.15) is 4.31 Å². The van der Waals surface area contributed by atoms with E-state index in [2.05, 4.69) is 0 Å². The highest BCUT2D eigenvalue weighted by molar-refractivity contribution is 7.90. The van der Waals surface area contributed by atoms with Crippen molar-refractivity contribution in [3.8, 4) is 0 Å². The van der Waals surface area contributed by atoms with Crippen LogP contribution in [0.4, 0.5) is 0 Å². The maximum Gasteiger partial charge on any atom is 0.304 e. The van der Waals surface area contributed by atoms with Crippen molar-refractivity contribution in [1.29, 1.82) is 0 Å². The van der Waals surface area contributed by atoms with Crippen molar-refractivity contribution in [2.75, 3.05) is 32.7 Å². The first kappa shape index (κ1) is 16.4. The Bertz CT molecular complexity index is 654. The van der Waals surface area contributed by atoms with E-state index < -0.39 is 16.0 Å². The summed E-state index contributed by atoms with van der Waals surface area (Å²) < 4.78 is 27.0. The largest absolute Gasteiger partial charge is 0.481 e. The number of carbonyl (C=O) groups is 1. The fraction of sp³-hybridized carbons (Fsp3) is 0.562. The van der Waals surface area contributed by atoms with Crippen LogP contribution in [0.25, 0.3) is 0 Å². The van der Waals surface area contributed by atoms with Crippen molar-refractivity contribution < 1.29 is 18.3 Å². The number of sulfonamides is 1. The van der Waals surface area contributed by atoms with Gasteiger partial charge in [0.25, 0.3) is 0 Å². The molecule has 23 heavy (non-hydrogen) atoms. The third-order valence-electron chi connectivity index (χ3n) is 4.68. The number of aliphatic carboxylic acids is 1. The molecule has 1 aliphatic heterocycles. The summed E-state index contributed by atoms with van der Waals surface area (Å²) in [6.07, 6.45) is 0.803. The second kappa shape index (κ2) is 6.59. The molecule has 1 aliphatic carbocycles. The van der Waals surface area contributed by atoms with Crippen LogP contribution < -0.4 is 0 Å². The predicted octanol–water partition coefficient (Wildman–Crippen LogP) is 0.965. The number of rotatable bonds is 6. The van der Waals surface area contributed by atoms with Gasteiger partial charge in [0.05, 0.1) is 11.7 Å². The Hall–Kier alpha value is -1.44. The molecule has 3 rings (SSSR count). The SMILES string of the molecule is O=C(O)CCN1CCN(S(=O)(=O)C2CC2c2ccccc2)CC1. The van der Waals surface area contributed by atoms with E-state index in [9.17, 15) is 13.2 Å². The summed E-state index contributed by atoms with van der Waals surface area (Å²) in [4.78, 5) is 12.6. The van der Waals surface area contributed by atoms with Crippen LogP contribution in [0.5, 0.6) is 0 Å². The normalized spacial score (nSPS) is 26.1. The van der Waals surface area contributed by atoms with Crippen molar-refractivity contribution in [3.63, 3.8) is 0 Å². The van der Waals surface area contributed by atoms with E-state index in [1.807, 2.05) is 35.2 Å². The van der Waals surface area contributed by atoms with Crippen LogP contribution in [-0.2, 0) is 14.8 Å². The second-order valence-corrected chi connectivity index (χ2v) is 8.37. The molecular weight excluding hydrogens is 316 g/mol. The third kappa shape index (κ3) is 3.73. The average molecular weight is 338 g/mol. The van der Waals surface area contributed by atoms with Gasteiger partial charge < -0.3 is 10.0 Å². The van der Waals surface area contributed by atoms with E-state index in [1.54, 1.807) is 4.31 Å². The minimum atomic E-state index is -3.25. The number of carboxylic acids is 1. The minimum absolute atomic E-state index is 0.103. The fourth-order valence-corrected chi connectivity index (χ4v) is 5.28. The Kier molecular flexibility index (Phi) is 4.70. The van der Waals surface area contributed by atoms with Gasteiger partial charge >= 0.3 is 5.97 Å². The van der Waals surface area contributed by atoms with E-state index in [0.717, 1.165) is 5.56 Å². The molecule has 126 valence electrons. The van der Waals surface area contributed by atoms with E-state index in [1.165, 1.54) is 0 Å². The molecule has 2 aliphatic rings. The summed E-state index contributed by atoms with van der Waals surface area (Å²) >= 11 is 0. The zero-order chi connectivity index (χ0) is 16.4. The minimum Gasteiger partial charge on any atom is -0.481 e. The maximum atomic E-state index is 12.7. The maximum absolute atomic E-state index is 12.7. The zero-order valence-electron chi connectivity index (χ0n) is 13.0. The van der Waals surface area contributed by atoms with Crippen molar-refractivity contribution in [2.45, 2.75) is 24.0 Å². The first-order valence-corrected chi connectivity index (χ1v) is 9.47. The van der Waals surface area contributed by atoms with Gasteiger partial charge in [-0.05, 0) is 12.0 Å². The monoisotopic (exact) mass is 338 g/mol. The smallest absolute Gasteiger partial charge is 0.304 e. The summed E-state index contributed by atoms with van der Waals surface area (Å²) in [5.74, 6) is -0.699. The lowest BCUT2D eigenvalue weighted by atomic mass is 10.1. The van der Waals surface area contributed by atoms with E-state index >= 15 is 0 Å². The lowest BCUT2D eigenvalue weighted by Gasteiger charge is -2.33. The molecule has 7 heteroatoms. The standard InChI is InChI=1S/C16H22N2O4S/c19-16(20)6-7-17-8-10-18(11-9-17)23(21,22)15-12-14(15)13-4-2-1-3-5-13/h1-5,14-15H,6-12H2,(H,19,20). The summed E-state index contributed by atoms with van der Waals surface area (Å²) in [7, 11) is -3.25. The molecule has 1 heterocycles. The predicted molar refractivity (Wildman–Crippen MR) is 86.8 cm³/mol. The van der Waals surface area contributed by atoms with E-state index in [0.29, 0.717) is 39.1 Å². The molecule has 2 atom stereocenters. The Morgan fingerprint density at radius 3 is 2.39 bits per heavy atom. The molecule has 2 fully saturated rings. The highest BCUT2D eigenvalue weighted by Crippen LogP contribution is 2.46. The average Bonchev–Trinajstić information content (AvgIpc) is 3.35. The lowest BCUT2D eigenvalue weighted by molar-refractivity contribution is -0.137. The fourth-order valence-electron chi connectivity index (χ4n) is 3.20. The van der Waals surface area contributed by atoms with Crippen LogP contribution in [0, 0.1) is 0 Å². The molecule has 2 unspecified atom stereocenters. The Morgan fingerprint density at radius 1 is 1.13 bits per heavy atom. The summed E-state index contributed by atoms with van der Waals surface area (Å²) in [5.41, 5.74) is 1.10. The van der Waals surface area contributed by atoms with E-state index in [4.69, 9.17) is 5.11 Å². The quantitative estimate of drug-likeness (QED) is 0.836. The summed E-state index contributed by atoms with van der Waals surface area (Å²) in [6.45, 7) is 2.61. The first-order valence-electron chi connectivity index (χ1n) is 7.96. The molecule has 0 radical (unpaired) electrons.